The molecule has 0 amide bonds. The van der Waals surface area contributed by atoms with Crippen LogP contribution in [0.15, 0.2) is 21.6 Å². The maximum Gasteiger partial charge on any atom is 0.191 e. The van der Waals surface area contributed by atoms with Gasteiger partial charge in [0, 0.05) is 26.3 Å². The number of nitrogens with zero attached hydrogens (tertiary/aromatic N) is 1. The molecule has 27 heavy (non-hydrogen) atoms. The van der Waals surface area contributed by atoms with Crippen LogP contribution in [0, 0.1) is 5.92 Å². The number of halogens is 2. The molecule has 0 heterocycles. The lowest BCUT2D eigenvalue weighted by molar-refractivity contribution is 0.108. The van der Waals surface area contributed by atoms with E-state index in [0.717, 1.165) is 48.7 Å². The summed E-state index contributed by atoms with van der Waals surface area (Å²) in [5, 5.41) is 6.59. The molecule has 0 saturated carbocycles. The maximum absolute atomic E-state index is 5.60. The summed E-state index contributed by atoms with van der Waals surface area (Å²) in [5.74, 6) is 2.74. The number of guanidine groups is 1. The Kier molecular flexibility index (Phi) is 14.8. The quantitative estimate of drug-likeness (QED) is 0.185. The van der Waals surface area contributed by atoms with E-state index in [0.29, 0.717) is 24.0 Å². The van der Waals surface area contributed by atoms with Gasteiger partial charge in [-0.3, -0.25) is 0 Å². The third-order valence-corrected chi connectivity index (χ3v) is 4.06. The molecule has 0 aliphatic rings. The third-order valence-electron chi connectivity index (χ3n) is 3.47. The average molecular weight is 558 g/mol. The van der Waals surface area contributed by atoms with Crippen molar-refractivity contribution in [2.45, 2.75) is 33.7 Å². The minimum atomic E-state index is 0. The lowest BCUT2D eigenvalue weighted by Crippen LogP contribution is -2.38. The Bertz CT molecular complexity index is 571. The van der Waals surface area contributed by atoms with E-state index >= 15 is 0 Å². The van der Waals surface area contributed by atoms with Crippen molar-refractivity contribution in [3.8, 4) is 11.5 Å². The molecule has 2 N–H and O–H groups in total. The molecule has 0 saturated heterocycles. The summed E-state index contributed by atoms with van der Waals surface area (Å²) in [5.41, 5.74) is 1.03. The first-order valence-corrected chi connectivity index (χ1v) is 9.81. The molecule has 0 atom stereocenters. The number of methoxy groups -OCH3 is 2. The Morgan fingerprint density at radius 2 is 1.93 bits per heavy atom. The molecule has 0 unspecified atom stereocenters. The molecule has 0 aromatic heterocycles. The van der Waals surface area contributed by atoms with Crippen molar-refractivity contribution in [2.24, 2.45) is 10.9 Å². The van der Waals surface area contributed by atoms with Gasteiger partial charge >= 0.3 is 0 Å². The van der Waals surface area contributed by atoms with Gasteiger partial charge < -0.3 is 24.8 Å². The van der Waals surface area contributed by atoms with E-state index in [1.807, 2.05) is 12.1 Å². The van der Waals surface area contributed by atoms with E-state index < -0.39 is 0 Å². The Balaban J connectivity index is 0.00000676. The molecule has 1 aromatic carbocycles. The van der Waals surface area contributed by atoms with Gasteiger partial charge in [-0.25, -0.2) is 4.99 Å². The van der Waals surface area contributed by atoms with Gasteiger partial charge in [-0.1, -0.05) is 13.8 Å². The first kappa shape index (κ1) is 26.3. The second-order valence-electron chi connectivity index (χ2n) is 6.26. The SMILES string of the molecule is CCNC(=NCc1cc(Br)c(OC)c(OC)c1)NCCCOCC(C)C.I. The molecule has 1 aromatic rings. The zero-order valence-electron chi connectivity index (χ0n) is 16.9. The summed E-state index contributed by atoms with van der Waals surface area (Å²) in [4.78, 5) is 4.64. The highest BCUT2D eigenvalue weighted by molar-refractivity contribution is 14.0. The second kappa shape index (κ2) is 15.2. The molecule has 156 valence electrons. The number of ether oxygens (including phenoxy) is 3. The lowest BCUT2D eigenvalue weighted by atomic mass is 10.2. The Hall–Kier alpha value is -0.740. The maximum atomic E-state index is 5.60. The van der Waals surface area contributed by atoms with Crippen LogP contribution < -0.4 is 20.1 Å². The van der Waals surface area contributed by atoms with Gasteiger partial charge in [-0.2, -0.15) is 0 Å². The summed E-state index contributed by atoms with van der Waals surface area (Å²) < 4.78 is 17.2. The third kappa shape index (κ3) is 10.4. The van der Waals surface area contributed by atoms with Crippen molar-refractivity contribution in [2.75, 3.05) is 40.5 Å². The van der Waals surface area contributed by atoms with E-state index in [1.165, 1.54) is 0 Å². The van der Waals surface area contributed by atoms with Crippen LogP contribution in [0.4, 0.5) is 0 Å². The molecule has 0 bridgehead atoms. The number of hydrogen-bond donors (Lipinski definition) is 2. The van der Waals surface area contributed by atoms with E-state index in [4.69, 9.17) is 14.2 Å². The fourth-order valence-electron chi connectivity index (χ4n) is 2.27. The van der Waals surface area contributed by atoms with Crippen LogP contribution in [-0.2, 0) is 11.3 Å². The molecular weight excluding hydrogens is 525 g/mol. The van der Waals surface area contributed by atoms with Crippen LogP contribution in [0.25, 0.3) is 0 Å². The zero-order chi connectivity index (χ0) is 19.4. The topological polar surface area (TPSA) is 64.1 Å². The Labute approximate surface area is 189 Å². The molecule has 0 aliphatic carbocycles. The van der Waals surface area contributed by atoms with Gasteiger partial charge in [0.25, 0.3) is 0 Å². The fraction of sp³-hybridized carbons (Fsp3) is 0.632. The minimum absolute atomic E-state index is 0. The van der Waals surface area contributed by atoms with E-state index in [2.05, 4.69) is 52.3 Å². The zero-order valence-corrected chi connectivity index (χ0v) is 20.8. The summed E-state index contributed by atoms with van der Waals surface area (Å²) in [6.45, 7) is 10.1. The first-order chi connectivity index (χ1) is 12.5. The molecule has 6 nitrogen and oxygen atoms in total. The highest BCUT2D eigenvalue weighted by Crippen LogP contribution is 2.36. The normalized spacial score (nSPS) is 11.1. The Morgan fingerprint density at radius 3 is 2.52 bits per heavy atom. The summed E-state index contributed by atoms with van der Waals surface area (Å²) >= 11 is 3.51. The molecule has 0 fully saturated rings. The standard InChI is InChI=1S/C19H32BrN3O3.HI/c1-6-21-19(22-8-7-9-26-13-14(2)3)23-12-15-10-16(20)18(25-5)17(11-15)24-4;/h10-11,14H,6-9,12-13H2,1-5H3,(H2,21,22,23);1H. The van der Waals surface area contributed by atoms with Gasteiger partial charge in [0.2, 0.25) is 0 Å². The van der Waals surface area contributed by atoms with Crippen molar-refractivity contribution in [3.05, 3.63) is 22.2 Å². The van der Waals surface area contributed by atoms with Gasteiger partial charge in [-0.15, -0.1) is 24.0 Å². The summed E-state index contributed by atoms with van der Waals surface area (Å²) in [6.07, 6.45) is 0.943. The fourth-order valence-corrected chi connectivity index (χ4v) is 2.93. The monoisotopic (exact) mass is 557 g/mol. The average Bonchev–Trinajstić information content (AvgIpc) is 2.61. The van der Waals surface area contributed by atoms with E-state index in [-0.39, 0.29) is 24.0 Å². The molecule has 0 aliphatic heterocycles. The van der Waals surface area contributed by atoms with Crippen molar-refractivity contribution in [1.29, 1.82) is 0 Å². The summed E-state index contributed by atoms with van der Waals surface area (Å²) in [6, 6.07) is 3.94. The smallest absolute Gasteiger partial charge is 0.191 e. The Morgan fingerprint density at radius 1 is 1.19 bits per heavy atom. The largest absolute Gasteiger partial charge is 0.493 e. The van der Waals surface area contributed by atoms with Crippen LogP contribution in [0.1, 0.15) is 32.8 Å². The number of hydrogen-bond acceptors (Lipinski definition) is 4. The first-order valence-electron chi connectivity index (χ1n) is 9.02. The van der Waals surface area contributed by atoms with Crippen molar-refractivity contribution in [1.82, 2.24) is 10.6 Å². The highest BCUT2D eigenvalue weighted by atomic mass is 127. The van der Waals surface area contributed by atoms with Gasteiger partial charge in [0.1, 0.15) is 0 Å². The van der Waals surface area contributed by atoms with Crippen LogP contribution in [-0.4, -0.2) is 46.5 Å². The number of nitrogens with one attached hydrogen (secondary N) is 2. The van der Waals surface area contributed by atoms with E-state index in [1.54, 1.807) is 14.2 Å². The predicted molar refractivity (Wildman–Crippen MR) is 126 cm³/mol. The highest BCUT2D eigenvalue weighted by Gasteiger charge is 2.10. The molecule has 1 rings (SSSR count). The molecule has 0 radical (unpaired) electrons. The van der Waals surface area contributed by atoms with E-state index in [9.17, 15) is 0 Å². The van der Waals surface area contributed by atoms with Crippen LogP contribution >= 0.6 is 39.9 Å². The lowest BCUT2D eigenvalue weighted by Gasteiger charge is -2.13. The predicted octanol–water partition coefficient (Wildman–Crippen LogP) is 4.20. The van der Waals surface area contributed by atoms with Crippen LogP contribution in [0.5, 0.6) is 11.5 Å². The molecule has 8 heteroatoms. The second-order valence-corrected chi connectivity index (χ2v) is 7.11. The van der Waals surface area contributed by atoms with Crippen LogP contribution in [0.2, 0.25) is 0 Å². The van der Waals surface area contributed by atoms with Crippen molar-refractivity contribution >= 4 is 45.9 Å². The van der Waals surface area contributed by atoms with Gasteiger partial charge in [0.15, 0.2) is 17.5 Å². The summed E-state index contributed by atoms with van der Waals surface area (Å²) in [7, 11) is 3.25. The minimum Gasteiger partial charge on any atom is -0.493 e. The molecular formula is C19H33BrIN3O3. The van der Waals surface area contributed by atoms with Crippen molar-refractivity contribution in [3.63, 3.8) is 0 Å². The number of aliphatic imine (C=N–C) groups is 1. The number of rotatable bonds is 11. The number of benzene rings is 1. The van der Waals surface area contributed by atoms with Crippen molar-refractivity contribution < 1.29 is 14.2 Å². The molecule has 0 spiro atoms. The van der Waals surface area contributed by atoms with Crippen LogP contribution in [0.3, 0.4) is 0 Å². The van der Waals surface area contributed by atoms with Gasteiger partial charge in [-0.05, 0) is 52.9 Å². The van der Waals surface area contributed by atoms with Gasteiger partial charge in [0.05, 0.1) is 25.2 Å².